The Morgan fingerprint density at radius 2 is 2.00 bits per heavy atom. The third kappa shape index (κ3) is 5.36. The average molecular weight is 256 g/mol. The average Bonchev–Trinajstić information content (AvgIpc) is 2.16. The topological polar surface area (TPSA) is 52.6 Å². The van der Waals surface area contributed by atoms with Gasteiger partial charge in [-0.15, -0.1) is 0 Å². The Morgan fingerprint density at radius 3 is 2.44 bits per heavy atom. The molecule has 1 saturated carbocycles. The van der Waals surface area contributed by atoms with Gasteiger partial charge in [-0.25, -0.2) is 0 Å². The van der Waals surface area contributed by atoms with Gasteiger partial charge in [0.25, 0.3) is 0 Å². The van der Waals surface area contributed by atoms with Crippen molar-refractivity contribution < 1.29 is 9.90 Å². The zero-order valence-corrected chi connectivity index (χ0v) is 12.2. The van der Waals surface area contributed by atoms with Crippen LogP contribution in [0.25, 0.3) is 0 Å². The van der Waals surface area contributed by atoms with Crippen molar-refractivity contribution in [1.29, 1.82) is 0 Å². The van der Waals surface area contributed by atoms with Crippen LogP contribution in [0.5, 0.6) is 0 Å². The van der Waals surface area contributed by atoms with Crippen LogP contribution in [0.3, 0.4) is 0 Å². The summed E-state index contributed by atoms with van der Waals surface area (Å²) in [7, 11) is 0. The minimum Gasteiger partial charge on any atom is -0.480 e. The molecule has 106 valence electrons. The first-order valence-electron chi connectivity index (χ1n) is 7.01. The van der Waals surface area contributed by atoms with Gasteiger partial charge >= 0.3 is 5.97 Å². The molecule has 2 N–H and O–H groups in total. The molecular weight excluding hydrogens is 228 g/mol. The fourth-order valence-corrected chi connectivity index (χ4v) is 2.38. The summed E-state index contributed by atoms with van der Waals surface area (Å²) in [5.41, 5.74) is 0.384. The van der Waals surface area contributed by atoms with Crippen molar-refractivity contribution in [3.8, 4) is 0 Å². The molecule has 1 fully saturated rings. The lowest BCUT2D eigenvalue weighted by Crippen LogP contribution is -2.53. The summed E-state index contributed by atoms with van der Waals surface area (Å²) in [5.74, 6) is -0.721. The summed E-state index contributed by atoms with van der Waals surface area (Å²) in [5, 5.41) is 12.4. The van der Waals surface area contributed by atoms with E-state index < -0.39 is 5.97 Å². The summed E-state index contributed by atoms with van der Waals surface area (Å²) >= 11 is 0. The molecule has 0 atom stereocenters. The van der Waals surface area contributed by atoms with E-state index in [0.29, 0.717) is 17.5 Å². The van der Waals surface area contributed by atoms with Crippen molar-refractivity contribution in [2.45, 2.75) is 59.0 Å². The Balaban J connectivity index is 2.16. The van der Waals surface area contributed by atoms with Crippen LogP contribution < -0.4 is 5.32 Å². The first kappa shape index (κ1) is 15.4. The molecule has 0 aromatic heterocycles. The first-order chi connectivity index (χ1) is 8.31. The number of hydrogen-bond acceptors (Lipinski definition) is 3. The van der Waals surface area contributed by atoms with Crippen molar-refractivity contribution in [2.75, 3.05) is 19.6 Å². The molecule has 0 heterocycles. The summed E-state index contributed by atoms with van der Waals surface area (Å²) in [6, 6.07) is 1.04. The largest absolute Gasteiger partial charge is 0.480 e. The predicted octanol–water partition coefficient (Wildman–Crippen LogP) is 1.95. The maximum atomic E-state index is 10.7. The molecule has 0 bridgehead atoms. The zero-order valence-electron chi connectivity index (χ0n) is 12.2. The highest BCUT2D eigenvalue weighted by atomic mass is 16.4. The molecule has 0 spiro atoms. The number of carbonyl (C=O) groups is 1. The fraction of sp³-hybridized carbons (Fsp3) is 0.929. The van der Waals surface area contributed by atoms with E-state index in [-0.39, 0.29) is 6.54 Å². The fourth-order valence-electron chi connectivity index (χ4n) is 2.38. The second kappa shape index (κ2) is 6.53. The Morgan fingerprint density at radius 1 is 1.39 bits per heavy atom. The molecule has 0 radical (unpaired) electrons. The molecule has 0 amide bonds. The number of likely N-dealkylation sites (N-methyl/N-ethyl adjacent to an activating group) is 1. The normalized spacial score (nSPS) is 24.1. The van der Waals surface area contributed by atoms with Crippen LogP contribution in [-0.2, 0) is 4.79 Å². The highest BCUT2D eigenvalue weighted by Gasteiger charge is 2.33. The van der Waals surface area contributed by atoms with Crippen LogP contribution in [0.4, 0.5) is 0 Å². The Bertz CT molecular complexity index is 267. The lowest BCUT2D eigenvalue weighted by Gasteiger charge is -2.42. The molecule has 4 nitrogen and oxygen atoms in total. The van der Waals surface area contributed by atoms with Crippen molar-refractivity contribution in [2.24, 2.45) is 5.41 Å². The van der Waals surface area contributed by atoms with Crippen LogP contribution in [-0.4, -0.2) is 47.7 Å². The van der Waals surface area contributed by atoms with Crippen LogP contribution in [0.15, 0.2) is 0 Å². The van der Waals surface area contributed by atoms with Gasteiger partial charge in [0.15, 0.2) is 0 Å². The lowest BCUT2D eigenvalue weighted by molar-refractivity contribution is -0.139. The van der Waals surface area contributed by atoms with E-state index in [1.54, 1.807) is 0 Å². The SMILES string of the molecule is CCN(CC(=O)O)C1CC(NCCC(C)(C)C)C1. The van der Waals surface area contributed by atoms with E-state index in [0.717, 1.165) is 25.9 Å². The third-order valence-electron chi connectivity index (χ3n) is 3.68. The number of nitrogens with zero attached hydrogens (tertiary/aromatic N) is 1. The smallest absolute Gasteiger partial charge is 0.317 e. The van der Waals surface area contributed by atoms with E-state index in [1.807, 2.05) is 6.92 Å². The Kier molecular flexibility index (Phi) is 5.60. The first-order valence-corrected chi connectivity index (χ1v) is 7.01. The minimum atomic E-state index is -0.721. The quantitative estimate of drug-likeness (QED) is 0.731. The van der Waals surface area contributed by atoms with Gasteiger partial charge in [0, 0.05) is 12.1 Å². The number of rotatable bonds is 7. The second-order valence-corrected chi connectivity index (χ2v) is 6.54. The number of nitrogens with one attached hydrogen (secondary N) is 1. The molecule has 1 aliphatic carbocycles. The maximum absolute atomic E-state index is 10.7. The number of carboxylic acid groups (broad SMARTS) is 1. The second-order valence-electron chi connectivity index (χ2n) is 6.54. The summed E-state index contributed by atoms with van der Waals surface area (Å²) in [4.78, 5) is 12.8. The minimum absolute atomic E-state index is 0.176. The van der Waals surface area contributed by atoms with E-state index in [4.69, 9.17) is 5.11 Å². The number of hydrogen-bond donors (Lipinski definition) is 2. The highest BCUT2D eigenvalue weighted by molar-refractivity contribution is 5.69. The van der Waals surface area contributed by atoms with Crippen LogP contribution in [0.2, 0.25) is 0 Å². The van der Waals surface area contributed by atoms with E-state index in [1.165, 1.54) is 6.42 Å². The summed E-state index contributed by atoms with van der Waals surface area (Å²) < 4.78 is 0. The monoisotopic (exact) mass is 256 g/mol. The Labute approximate surface area is 111 Å². The van der Waals surface area contributed by atoms with E-state index in [9.17, 15) is 4.79 Å². The zero-order chi connectivity index (χ0) is 13.8. The molecule has 0 unspecified atom stereocenters. The van der Waals surface area contributed by atoms with Gasteiger partial charge in [-0.1, -0.05) is 27.7 Å². The summed E-state index contributed by atoms with van der Waals surface area (Å²) in [6.45, 7) is 10.9. The molecule has 0 saturated heterocycles. The van der Waals surface area contributed by atoms with Crippen LogP contribution in [0.1, 0.15) is 47.0 Å². The Hall–Kier alpha value is -0.610. The molecular formula is C14H28N2O2. The molecule has 18 heavy (non-hydrogen) atoms. The van der Waals surface area contributed by atoms with Gasteiger partial charge in [0.05, 0.1) is 6.54 Å². The van der Waals surface area contributed by atoms with Crippen LogP contribution in [0, 0.1) is 5.41 Å². The van der Waals surface area contributed by atoms with Gasteiger partial charge in [-0.05, 0) is 37.8 Å². The predicted molar refractivity (Wildman–Crippen MR) is 73.8 cm³/mol. The molecule has 1 rings (SSSR count). The third-order valence-corrected chi connectivity index (χ3v) is 3.68. The van der Waals surface area contributed by atoms with Crippen LogP contribution >= 0.6 is 0 Å². The van der Waals surface area contributed by atoms with Crippen molar-refractivity contribution >= 4 is 5.97 Å². The highest BCUT2D eigenvalue weighted by Crippen LogP contribution is 2.26. The molecule has 0 aromatic rings. The van der Waals surface area contributed by atoms with Crippen molar-refractivity contribution in [1.82, 2.24) is 10.2 Å². The molecule has 0 aromatic carbocycles. The lowest BCUT2D eigenvalue weighted by atomic mass is 9.84. The molecule has 1 aliphatic rings. The summed E-state index contributed by atoms with van der Waals surface area (Å²) in [6.07, 6.45) is 3.36. The van der Waals surface area contributed by atoms with Gasteiger partial charge in [-0.3, -0.25) is 9.69 Å². The maximum Gasteiger partial charge on any atom is 0.317 e. The van der Waals surface area contributed by atoms with E-state index >= 15 is 0 Å². The molecule has 0 aliphatic heterocycles. The van der Waals surface area contributed by atoms with Gasteiger partial charge in [0.1, 0.15) is 0 Å². The molecule has 4 heteroatoms. The van der Waals surface area contributed by atoms with E-state index in [2.05, 4.69) is 31.0 Å². The number of aliphatic carboxylic acids is 1. The number of carboxylic acids is 1. The van der Waals surface area contributed by atoms with Crippen molar-refractivity contribution in [3.63, 3.8) is 0 Å². The van der Waals surface area contributed by atoms with Gasteiger partial charge < -0.3 is 10.4 Å². The van der Waals surface area contributed by atoms with Gasteiger partial charge in [-0.2, -0.15) is 0 Å². The standard InChI is InChI=1S/C14H28N2O2/c1-5-16(10-13(17)18)12-8-11(9-12)15-7-6-14(2,3)4/h11-12,15H,5-10H2,1-4H3,(H,17,18). The van der Waals surface area contributed by atoms with Crippen molar-refractivity contribution in [3.05, 3.63) is 0 Å². The van der Waals surface area contributed by atoms with Gasteiger partial charge in [0.2, 0.25) is 0 Å².